The van der Waals surface area contributed by atoms with Gasteiger partial charge in [-0.2, -0.15) is 0 Å². The van der Waals surface area contributed by atoms with E-state index in [9.17, 15) is 9.90 Å². The third kappa shape index (κ3) is 2.76. The van der Waals surface area contributed by atoms with Crippen molar-refractivity contribution < 1.29 is 9.90 Å². The molecule has 108 valence electrons. The second-order valence-corrected chi connectivity index (χ2v) is 5.10. The first kappa shape index (κ1) is 13.6. The highest BCUT2D eigenvalue weighted by atomic mass is 16.3. The lowest BCUT2D eigenvalue weighted by Gasteiger charge is -2.25. The largest absolute Gasteiger partial charge is 0.383 e. The molecule has 0 saturated heterocycles. The minimum Gasteiger partial charge on any atom is -0.383 e. The van der Waals surface area contributed by atoms with Crippen LogP contribution in [-0.4, -0.2) is 24.1 Å². The molecule has 1 amide bonds. The molecule has 0 spiro atoms. The molecule has 1 atom stereocenters. The molecular weight excluding hydrogens is 264 g/mol. The van der Waals surface area contributed by atoms with Gasteiger partial charge in [0.1, 0.15) is 0 Å². The number of hydrogen-bond acceptors (Lipinski definition) is 3. The number of para-hydroxylation sites is 2. The highest BCUT2D eigenvalue weighted by molar-refractivity contribution is 5.99. The van der Waals surface area contributed by atoms with Gasteiger partial charge in [-0.1, -0.05) is 42.5 Å². The number of carbonyl (C=O) groups is 1. The fraction of sp³-hybridized carbons (Fsp3) is 0.235. The van der Waals surface area contributed by atoms with E-state index in [1.807, 2.05) is 42.5 Å². The third-order valence-electron chi connectivity index (χ3n) is 3.68. The lowest BCUT2D eigenvalue weighted by Crippen LogP contribution is -2.35. The number of fused-ring (bicyclic) bond motifs is 1. The number of nitrogens with zero attached hydrogens (tertiary/aromatic N) is 1. The first-order valence-corrected chi connectivity index (χ1v) is 7.14. The quantitative estimate of drug-likeness (QED) is 0.890. The second-order valence-electron chi connectivity index (χ2n) is 5.10. The number of benzene rings is 2. The normalized spacial score (nSPS) is 15.6. The van der Waals surface area contributed by atoms with E-state index in [0.717, 1.165) is 24.3 Å². The van der Waals surface area contributed by atoms with Gasteiger partial charge in [-0.15, -0.1) is 0 Å². The van der Waals surface area contributed by atoms with E-state index in [-0.39, 0.29) is 5.91 Å². The summed E-state index contributed by atoms with van der Waals surface area (Å²) in [7, 11) is 0. The van der Waals surface area contributed by atoms with E-state index in [0.29, 0.717) is 12.1 Å². The predicted molar refractivity (Wildman–Crippen MR) is 83.3 cm³/mol. The number of amides is 1. The number of carbonyl (C=O) groups excluding carboxylic acids is 1. The molecule has 2 N–H and O–H groups in total. The first-order chi connectivity index (χ1) is 10.3. The van der Waals surface area contributed by atoms with Crippen molar-refractivity contribution in [3.8, 4) is 0 Å². The van der Waals surface area contributed by atoms with Crippen LogP contribution in [0.5, 0.6) is 0 Å². The number of aliphatic hydroxyl groups is 1. The molecule has 0 saturated carbocycles. The van der Waals surface area contributed by atoms with Crippen LogP contribution in [0.1, 0.15) is 18.1 Å². The maximum Gasteiger partial charge on any atom is 0.260 e. The maximum absolute atomic E-state index is 12.7. The molecule has 21 heavy (non-hydrogen) atoms. The van der Waals surface area contributed by atoms with Crippen molar-refractivity contribution >= 4 is 17.3 Å². The zero-order chi connectivity index (χ0) is 14.7. The molecular formula is C17H18N2O2. The van der Waals surface area contributed by atoms with Gasteiger partial charge in [0.05, 0.1) is 11.4 Å². The number of nitrogens with one attached hydrogen (secondary N) is 1. The Balaban J connectivity index is 1.91. The Hall–Kier alpha value is -2.33. The average molecular weight is 282 g/mol. The van der Waals surface area contributed by atoms with Gasteiger partial charge in [0, 0.05) is 13.1 Å². The molecule has 0 radical (unpaired) electrons. The van der Waals surface area contributed by atoms with Gasteiger partial charge < -0.3 is 15.3 Å². The van der Waals surface area contributed by atoms with E-state index in [1.54, 1.807) is 17.0 Å². The third-order valence-corrected chi connectivity index (χ3v) is 3.68. The van der Waals surface area contributed by atoms with Gasteiger partial charge >= 0.3 is 0 Å². The van der Waals surface area contributed by atoms with E-state index in [1.165, 1.54) is 0 Å². The molecule has 2 aromatic rings. The van der Waals surface area contributed by atoms with Crippen molar-refractivity contribution in [1.82, 2.24) is 0 Å². The van der Waals surface area contributed by atoms with Gasteiger partial charge in [-0.25, -0.2) is 0 Å². The van der Waals surface area contributed by atoms with E-state index in [2.05, 4.69) is 5.32 Å². The molecule has 2 aromatic carbocycles. The van der Waals surface area contributed by atoms with Crippen LogP contribution in [-0.2, 0) is 4.79 Å². The van der Waals surface area contributed by atoms with Gasteiger partial charge in [-0.3, -0.25) is 4.79 Å². The van der Waals surface area contributed by atoms with Crippen LogP contribution in [0.3, 0.4) is 0 Å². The topological polar surface area (TPSA) is 52.6 Å². The molecule has 4 heteroatoms. The Morgan fingerprint density at radius 3 is 2.62 bits per heavy atom. The van der Waals surface area contributed by atoms with Crippen molar-refractivity contribution in [3.63, 3.8) is 0 Å². The fourth-order valence-electron chi connectivity index (χ4n) is 2.59. The Morgan fingerprint density at radius 2 is 1.81 bits per heavy atom. The van der Waals surface area contributed by atoms with Crippen molar-refractivity contribution in [3.05, 3.63) is 60.2 Å². The van der Waals surface area contributed by atoms with Gasteiger partial charge in [-0.05, 0) is 24.1 Å². The molecule has 3 rings (SSSR count). The summed E-state index contributed by atoms with van der Waals surface area (Å²) in [6.07, 6.45) is -0.278. The summed E-state index contributed by atoms with van der Waals surface area (Å²) < 4.78 is 0. The molecule has 1 aliphatic heterocycles. The van der Waals surface area contributed by atoms with E-state index >= 15 is 0 Å². The Kier molecular flexibility index (Phi) is 3.88. The van der Waals surface area contributed by atoms with Gasteiger partial charge in [0.2, 0.25) is 0 Å². The van der Waals surface area contributed by atoms with Crippen LogP contribution in [0.4, 0.5) is 11.4 Å². The van der Waals surface area contributed by atoms with Crippen LogP contribution < -0.4 is 10.2 Å². The monoisotopic (exact) mass is 282 g/mol. The number of aliphatic hydroxyl groups excluding tert-OH is 1. The van der Waals surface area contributed by atoms with Crippen molar-refractivity contribution in [2.24, 2.45) is 0 Å². The van der Waals surface area contributed by atoms with Crippen LogP contribution >= 0.6 is 0 Å². The number of rotatable bonds is 2. The maximum atomic E-state index is 12.7. The zero-order valence-corrected chi connectivity index (χ0v) is 11.7. The molecule has 1 heterocycles. The summed E-state index contributed by atoms with van der Waals surface area (Å²) >= 11 is 0. The molecule has 1 aliphatic rings. The van der Waals surface area contributed by atoms with Crippen molar-refractivity contribution in [1.29, 1.82) is 0 Å². The summed E-state index contributed by atoms with van der Waals surface area (Å²) in [4.78, 5) is 14.3. The van der Waals surface area contributed by atoms with Crippen molar-refractivity contribution in [2.45, 2.75) is 12.5 Å². The first-order valence-electron chi connectivity index (χ1n) is 7.14. The van der Waals surface area contributed by atoms with E-state index in [4.69, 9.17) is 0 Å². The second kappa shape index (κ2) is 5.97. The summed E-state index contributed by atoms with van der Waals surface area (Å²) in [5.74, 6) is -0.280. The van der Waals surface area contributed by atoms with Crippen molar-refractivity contribution in [2.75, 3.05) is 23.3 Å². The van der Waals surface area contributed by atoms with Crippen LogP contribution in [0, 0.1) is 0 Å². The highest BCUT2D eigenvalue weighted by Crippen LogP contribution is 2.30. The Morgan fingerprint density at radius 1 is 1.10 bits per heavy atom. The summed E-state index contributed by atoms with van der Waals surface area (Å²) in [6, 6.07) is 16.8. The Bertz CT molecular complexity index is 628. The average Bonchev–Trinajstić information content (AvgIpc) is 2.77. The minimum atomic E-state index is -1.13. The van der Waals surface area contributed by atoms with Crippen LogP contribution in [0.2, 0.25) is 0 Å². The molecule has 1 unspecified atom stereocenters. The minimum absolute atomic E-state index is 0.280. The summed E-state index contributed by atoms with van der Waals surface area (Å²) in [5.41, 5.74) is 2.38. The van der Waals surface area contributed by atoms with Gasteiger partial charge in [0.15, 0.2) is 6.10 Å². The SMILES string of the molecule is O=C(C(O)c1ccccc1)N1CCCNc2ccccc21. The lowest BCUT2D eigenvalue weighted by molar-refractivity contribution is -0.126. The zero-order valence-electron chi connectivity index (χ0n) is 11.7. The predicted octanol–water partition coefficient (Wildman–Crippen LogP) is 2.57. The summed E-state index contributed by atoms with van der Waals surface area (Å²) in [5, 5.41) is 13.7. The van der Waals surface area contributed by atoms with Crippen LogP contribution in [0.15, 0.2) is 54.6 Å². The van der Waals surface area contributed by atoms with Gasteiger partial charge in [0.25, 0.3) is 5.91 Å². The molecule has 0 fully saturated rings. The number of hydrogen-bond donors (Lipinski definition) is 2. The fourth-order valence-corrected chi connectivity index (χ4v) is 2.59. The molecule has 0 aliphatic carbocycles. The smallest absolute Gasteiger partial charge is 0.260 e. The van der Waals surface area contributed by atoms with Crippen LogP contribution in [0.25, 0.3) is 0 Å². The lowest BCUT2D eigenvalue weighted by atomic mass is 10.1. The highest BCUT2D eigenvalue weighted by Gasteiger charge is 2.27. The molecule has 4 nitrogen and oxygen atoms in total. The molecule has 0 aromatic heterocycles. The molecule has 0 bridgehead atoms. The van der Waals surface area contributed by atoms with E-state index < -0.39 is 6.10 Å². The standard InChI is InChI=1S/C17H18N2O2/c20-16(13-7-2-1-3-8-13)17(21)19-12-6-11-18-14-9-4-5-10-15(14)19/h1-5,7-10,16,18,20H,6,11-12H2. The number of anilines is 2. The Labute approximate surface area is 124 Å². The summed E-state index contributed by atoms with van der Waals surface area (Å²) in [6.45, 7) is 1.43.